The first-order valence-electron chi connectivity index (χ1n) is 9.96. The minimum absolute atomic E-state index is 0.0248. The van der Waals surface area contributed by atoms with Gasteiger partial charge in [0, 0.05) is 38.5 Å². The predicted molar refractivity (Wildman–Crippen MR) is 114 cm³/mol. The molecule has 7 nitrogen and oxygen atoms in total. The summed E-state index contributed by atoms with van der Waals surface area (Å²) in [5.41, 5.74) is 2.73. The van der Waals surface area contributed by atoms with Crippen molar-refractivity contribution in [3.8, 4) is 0 Å². The normalized spacial score (nSPS) is 17.6. The molecule has 28 heavy (non-hydrogen) atoms. The average Bonchev–Trinajstić information content (AvgIpc) is 2.64. The van der Waals surface area contributed by atoms with Crippen molar-refractivity contribution >= 4 is 15.8 Å². The van der Waals surface area contributed by atoms with E-state index in [0.717, 1.165) is 19.5 Å². The van der Waals surface area contributed by atoms with Crippen LogP contribution in [0.5, 0.6) is 0 Å². The highest BCUT2D eigenvalue weighted by Crippen LogP contribution is 2.18. The topological polar surface area (TPSA) is 94.0 Å². The lowest BCUT2D eigenvalue weighted by molar-refractivity contribution is 0.111. The van der Waals surface area contributed by atoms with E-state index in [2.05, 4.69) is 44.8 Å². The standard InChI is InChI=1S/C20H34N4O3S/c1-4-21-20(23-16(2)10-12-28(3,26)27)22-13-19(25)15-24-11-9-17-7-5-6-8-18(17)14-24/h5-8,16,19,25H,4,9-15H2,1-3H3,(H2,21,22,23). The molecule has 2 atom stereocenters. The van der Waals surface area contributed by atoms with E-state index < -0.39 is 15.9 Å². The van der Waals surface area contributed by atoms with Crippen molar-refractivity contribution in [2.24, 2.45) is 4.99 Å². The van der Waals surface area contributed by atoms with Crippen LogP contribution in [-0.2, 0) is 22.8 Å². The third-order valence-corrected chi connectivity index (χ3v) is 5.77. The van der Waals surface area contributed by atoms with Crippen molar-refractivity contribution in [3.05, 3.63) is 35.4 Å². The van der Waals surface area contributed by atoms with Gasteiger partial charge in [-0.15, -0.1) is 0 Å². The molecule has 0 fully saturated rings. The molecular formula is C20H34N4O3S. The largest absolute Gasteiger partial charge is 0.390 e. The van der Waals surface area contributed by atoms with Crippen molar-refractivity contribution in [2.75, 3.05) is 38.2 Å². The summed E-state index contributed by atoms with van der Waals surface area (Å²) >= 11 is 0. The first-order chi connectivity index (χ1) is 13.3. The number of nitrogens with one attached hydrogen (secondary N) is 2. The Morgan fingerprint density at radius 3 is 2.71 bits per heavy atom. The highest BCUT2D eigenvalue weighted by molar-refractivity contribution is 7.90. The summed E-state index contributed by atoms with van der Waals surface area (Å²) in [5, 5.41) is 16.8. The SMILES string of the molecule is CCNC(=NCC(O)CN1CCc2ccccc2C1)NC(C)CCS(C)(=O)=O. The van der Waals surface area contributed by atoms with Gasteiger partial charge in [-0.2, -0.15) is 0 Å². The summed E-state index contributed by atoms with van der Waals surface area (Å²) in [6, 6.07) is 8.43. The third kappa shape index (κ3) is 8.16. The second-order valence-corrected chi connectivity index (χ2v) is 9.85. The van der Waals surface area contributed by atoms with Crippen molar-refractivity contribution in [3.63, 3.8) is 0 Å². The Bertz CT molecular complexity index is 752. The zero-order valence-electron chi connectivity index (χ0n) is 17.2. The van der Waals surface area contributed by atoms with E-state index in [1.54, 1.807) is 0 Å². The number of rotatable bonds is 9. The van der Waals surface area contributed by atoms with Gasteiger partial charge in [0.25, 0.3) is 0 Å². The lowest BCUT2D eigenvalue weighted by Gasteiger charge is -2.30. The maximum atomic E-state index is 11.3. The van der Waals surface area contributed by atoms with Crippen LogP contribution in [0.1, 0.15) is 31.4 Å². The van der Waals surface area contributed by atoms with Crippen molar-refractivity contribution in [1.82, 2.24) is 15.5 Å². The quantitative estimate of drug-likeness (QED) is 0.412. The Hall–Kier alpha value is -1.64. The Kier molecular flexibility index (Phi) is 8.72. The number of hydrogen-bond donors (Lipinski definition) is 3. The number of nitrogens with zero attached hydrogens (tertiary/aromatic N) is 2. The molecule has 3 N–H and O–H groups in total. The molecule has 0 saturated carbocycles. The van der Waals surface area contributed by atoms with Gasteiger partial charge in [0.1, 0.15) is 9.84 Å². The Labute approximate surface area is 169 Å². The van der Waals surface area contributed by atoms with Gasteiger partial charge in [-0.05, 0) is 37.8 Å². The Balaban J connectivity index is 1.83. The summed E-state index contributed by atoms with van der Waals surface area (Å²) in [7, 11) is -2.98. The monoisotopic (exact) mass is 410 g/mol. The zero-order valence-corrected chi connectivity index (χ0v) is 18.0. The summed E-state index contributed by atoms with van der Waals surface area (Å²) in [6.45, 7) is 7.28. The second kappa shape index (κ2) is 10.8. The van der Waals surface area contributed by atoms with Crippen molar-refractivity contribution in [1.29, 1.82) is 0 Å². The molecule has 0 radical (unpaired) electrons. The molecule has 1 aromatic rings. The number of aliphatic hydroxyl groups is 1. The van der Waals surface area contributed by atoms with Crippen LogP contribution >= 0.6 is 0 Å². The smallest absolute Gasteiger partial charge is 0.191 e. The number of hydrogen-bond acceptors (Lipinski definition) is 5. The van der Waals surface area contributed by atoms with Crippen LogP contribution in [0, 0.1) is 0 Å². The summed E-state index contributed by atoms with van der Waals surface area (Å²) in [6.07, 6.45) is 2.22. The number of aliphatic hydroxyl groups excluding tert-OH is 1. The van der Waals surface area contributed by atoms with Gasteiger partial charge in [0.05, 0.1) is 18.4 Å². The fraction of sp³-hybridized carbons (Fsp3) is 0.650. The first-order valence-corrected chi connectivity index (χ1v) is 12.0. The van der Waals surface area contributed by atoms with Crippen molar-refractivity contribution < 1.29 is 13.5 Å². The van der Waals surface area contributed by atoms with E-state index in [1.165, 1.54) is 17.4 Å². The summed E-state index contributed by atoms with van der Waals surface area (Å²) in [4.78, 5) is 6.74. The van der Waals surface area contributed by atoms with Crippen LogP contribution in [0.15, 0.2) is 29.3 Å². The molecule has 0 spiro atoms. The molecule has 0 aromatic heterocycles. The number of β-amino-alcohol motifs (C(OH)–C–C–N with tert-alkyl or cyclic N) is 1. The van der Waals surface area contributed by atoms with Crippen LogP contribution in [0.3, 0.4) is 0 Å². The van der Waals surface area contributed by atoms with Crippen LogP contribution in [0.25, 0.3) is 0 Å². The van der Waals surface area contributed by atoms with Gasteiger partial charge in [-0.25, -0.2) is 8.42 Å². The molecule has 0 saturated heterocycles. The second-order valence-electron chi connectivity index (χ2n) is 7.59. The summed E-state index contributed by atoms with van der Waals surface area (Å²) in [5.74, 6) is 0.742. The number of fused-ring (bicyclic) bond motifs is 1. The maximum Gasteiger partial charge on any atom is 0.191 e. The Morgan fingerprint density at radius 2 is 2.04 bits per heavy atom. The molecule has 1 aliphatic heterocycles. The van der Waals surface area contributed by atoms with Gasteiger partial charge in [0.15, 0.2) is 5.96 Å². The molecule has 2 unspecified atom stereocenters. The lowest BCUT2D eigenvalue weighted by atomic mass is 10.00. The van der Waals surface area contributed by atoms with Crippen molar-refractivity contribution in [2.45, 2.75) is 45.4 Å². The summed E-state index contributed by atoms with van der Waals surface area (Å²) < 4.78 is 22.6. The number of aliphatic imine (C=N–C) groups is 1. The molecule has 0 amide bonds. The van der Waals surface area contributed by atoms with E-state index in [0.29, 0.717) is 32.0 Å². The molecular weight excluding hydrogens is 376 g/mol. The van der Waals surface area contributed by atoms with Gasteiger partial charge in [0.2, 0.25) is 0 Å². The fourth-order valence-corrected chi connectivity index (χ4v) is 4.06. The van der Waals surface area contributed by atoms with E-state index in [4.69, 9.17) is 0 Å². The highest BCUT2D eigenvalue weighted by atomic mass is 32.2. The predicted octanol–water partition coefficient (Wildman–Crippen LogP) is 0.784. The zero-order chi connectivity index (χ0) is 20.6. The molecule has 1 heterocycles. The van der Waals surface area contributed by atoms with E-state index in [-0.39, 0.29) is 11.8 Å². The molecule has 1 aromatic carbocycles. The van der Waals surface area contributed by atoms with Crippen LogP contribution in [-0.4, -0.2) is 74.7 Å². The van der Waals surface area contributed by atoms with Gasteiger partial charge in [-0.1, -0.05) is 24.3 Å². The first kappa shape index (κ1) is 22.6. The third-order valence-electron chi connectivity index (χ3n) is 4.79. The minimum atomic E-state index is -2.98. The molecule has 8 heteroatoms. The van der Waals surface area contributed by atoms with Crippen LogP contribution in [0.2, 0.25) is 0 Å². The van der Waals surface area contributed by atoms with Gasteiger partial charge < -0.3 is 15.7 Å². The fourth-order valence-electron chi connectivity index (χ4n) is 3.28. The van der Waals surface area contributed by atoms with Crippen LogP contribution in [0.4, 0.5) is 0 Å². The van der Waals surface area contributed by atoms with Gasteiger partial charge in [-0.3, -0.25) is 9.89 Å². The molecule has 0 bridgehead atoms. The molecule has 2 rings (SSSR count). The number of benzene rings is 1. The average molecular weight is 411 g/mol. The number of guanidine groups is 1. The Morgan fingerprint density at radius 1 is 1.32 bits per heavy atom. The van der Waals surface area contributed by atoms with Crippen LogP contribution < -0.4 is 10.6 Å². The molecule has 158 valence electrons. The number of sulfone groups is 1. The molecule has 0 aliphatic carbocycles. The maximum absolute atomic E-state index is 11.3. The van der Waals surface area contributed by atoms with E-state index in [9.17, 15) is 13.5 Å². The highest BCUT2D eigenvalue weighted by Gasteiger charge is 2.18. The van der Waals surface area contributed by atoms with Gasteiger partial charge >= 0.3 is 0 Å². The minimum Gasteiger partial charge on any atom is -0.390 e. The van der Waals surface area contributed by atoms with E-state index in [1.807, 2.05) is 13.8 Å². The lowest BCUT2D eigenvalue weighted by Crippen LogP contribution is -2.44. The van der Waals surface area contributed by atoms with E-state index >= 15 is 0 Å². The molecule has 1 aliphatic rings.